The lowest BCUT2D eigenvalue weighted by molar-refractivity contribution is -0.145. The SMILES string of the molecule is CCOC(=O)COc1c(I)cc(C=NNC(=O)CC(=O)Nc2ccccc2Cl)cc1OCC. The van der Waals surface area contributed by atoms with Crippen molar-refractivity contribution in [3.63, 3.8) is 0 Å². The van der Waals surface area contributed by atoms with Crippen LogP contribution in [0.3, 0.4) is 0 Å². The Morgan fingerprint density at radius 1 is 1.09 bits per heavy atom. The average molecular weight is 588 g/mol. The number of carbonyl (C=O) groups is 3. The van der Waals surface area contributed by atoms with Gasteiger partial charge >= 0.3 is 5.97 Å². The van der Waals surface area contributed by atoms with Crippen molar-refractivity contribution in [3.05, 3.63) is 50.6 Å². The number of nitrogens with one attached hydrogen (secondary N) is 2. The Morgan fingerprint density at radius 3 is 2.55 bits per heavy atom. The highest BCUT2D eigenvalue weighted by atomic mass is 127. The first-order valence-electron chi connectivity index (χ1n) is 9.95. The van der Waals surface area contributed by atoms with E-state index in [9.17, 15) is 14.4 Å². The van der Waals surface area contributed by atoms with Crippen LogP contribution in [-0.2, 0) is 19.1 Å². The molecule has 0 spiro atoms. The molecule has 0 heterocycles. The molecular weight excluding hydrogens is 565 g/mol. The van der Waals surface area contributed by atoms with E-state index in [1.807, 2.05) is 29.5 Å². The van der Waals surface area contributed by atoms with Gasteiger partial charge in [0, 0.05) is 0 Å². The van der Waals surface area contributed by atoms with Crippen LogP contribution in [0.25, 0.3) is 0 Å². The van der Waals surface area contributed by atoms with Gasteiger partial charge in [0.15, 0.2) is 18.1 Å². The molecule has 11 heteroatoms. The number of benzene rings is 2. The van der Waals surface area contributed by atoms with Gasteiger partial charge in [0.1, 0.15) is 6.42 Å². The molecule has 0 aromatic heterocycles. The van der Waals surface area contributed by atoms with Gasteiger partial charge in [0.2, 0.25) is 11.8 Å². The topological polar surface area (TPSA) is 115 Å². The molecule has 2 N–H and O–H groups in total. The summed E-state index contributed by atoms with van der Waals surface area (Å²) < 4.78 is 16.7. The quantitative estimate of drug-likeness (QED) is 0.136. The lowest BCUT2D eigenvalue weighted by atomic mass is 10.2. The van der Waals surface area contributed by atoms with E-state index in [-0.39, 0.29) is 13.2 Å². The first-order valence-corrected chi connectivity index (χ1v) is 11.4. The minimum Gasteiger partial charge on any atom is -0.490 e. The number of anilines is 1. The molecular formula is C22H23ClIN3O6. The summed E-state index contributed by atoms with van der Waals surface area (Å²) in [4.78, 5) is 35.6. The average Bonchev–Trinajstić information content (AvgIpc) is 2.75. The molecule has 2 amide bonds. The number of hydrogen-bond donors (Lipinski definition) is 2. The van der Waals surface area contributed by atoms with Crippen molar-refractivity contribution in [3.8, 4) is 11.5 Å². The Morgan fingerprint density at radius 2 is 1.85 bits per heavy atom. The number of nitrogens with zero attached hydrogens (tertiary/aromatic N) is 1. The Balaban J connectivity index is 1.97. The second-order valence-electron chi connectivity index (χ2n) is 6.35. The highest BCUT2D eigenvalue weighted by Crippen LogP contribution is 2.34. The molecule has 0 atom stereocenters. The van der Waals surface area contributed by atoms with Gasteiger partial charge in [-0.15, -0.1) is 0 Å². The van der Waals surface area contributed by atoms with E-state index in [0.717, 1.165) is 0 Å². The minimum atomic E-state index is -0.593. The van der Waals surface area contributed by atoms with E-state index in [2.05, 4.69) is 15.8 Å². The summed E-state index contributed by atoms with van der Waals surface area (Å²) in [5, 5.41) is 6.82. The number of para-hydroxylation sites is 1. The molecule has 0 aliphatic carbocycles. The second-order valence-corrected chi connectivity index (χ2v) is 7.92. The number of hydrazone groups is 1. The Hall–Kier alpha value is -2.86. The van der Waals surface area contributed by atoms with Crippen LogP contribution >= 0.6 is 34.2 Å². The molecule has 9 nitrogen and oxygen atoms in total. The third kappa shape index (κ3) is 8.89. The molecule has 0 fully saturated rings. The fraction of sp³-hybridized carbons (Fsp3) is 0.273. The predicted molar refractivity (Wildman–Crippen MR) is 133 cm³/mol. The van der Waals surface area contributed by atoms with E-state index in [1.54, 1.807) is 43.3 Å². The number of ether oxygens (including phenoxy) is 3. The normalized spacial score (nSPS) is 10.5. The van der Waals surface area contributed by atoms with E-state index >= 15 is 0 Å². The maximum atomic E-state index is 12.0. The van der Waals surface area contributed by atoms with Crippen LogP contribution in [0.4, 0.5) is 5.69 Å². The van der Waals surface area contributed by atoms with E-state index < -0.39 is 24.2 Å². The molecule has 2 rings (SSSR count). The molecule has 176 valence electrons. The number of esters is 1. The highest BCUT2D eigenvalue weighted by Gasteiger charge is 2.14. The molecule has 2 aromatic rings. The van der Waals surface area contributed by atoms with Crippen LogP contribution in [0.5, 0.6) is 11.5 Å². The number of hydrogen-bond acceptors (Lipinski definition) is 7. The minimum absolute atomic E-state index is 0.246. The van der Waals surface area contributed by atoms with Gasteiger partial charge in [-0.25, -0.2) is 10.2 Å². The Bertz CT molecular complexity index is 1030. The maximum absolute atomic E-state index is 12.0. The van der Waals surface area contributed by atoms with Crippen molar-refractivity contribution in [2.24, 2.45) is 5.10 Å². The number of halogens is 2. The molecule has 33 heavy (non-hydrogen) atoms. The van der Waals surface area contributed by atoms with E-state index in [4.69, 9.17) is 25.8 Å². The van der Waals surface area contributed by atoms with Gasteiger partial charge in [-0.05, 0) is 66.3 Å². The molecule has 0 saturated carbocycles. The van der Waals surface area contributed by atoms with Gasteiger partial charge in [-0.1, -0.05) is 23.7 Å². The first-order chi connectivity index (χ1) is 15.8. The van der Waals surface area contributed by atoms with Gasteiger partial charge in [0.25, 0.3) is 0 Å². The van der Waals surface area contributed by atoms with Crippen molar-refractivity contribution in [2.45, 2.75) is 20.3 Å². The summed E-state index contributed by atoms with van der Waals surface area (Å²) in [6, 6.07) is 10.1. The Kier molecular flexibility index (Phi) is 10.9. The molecule has 0 aliphatic rings. The molecule has 0 saturated heterocycles. The number of rotatable bonds is 11. The Labute approximate surface area is 209 Å². The van der Waals surface area contributed by atoms with Crippen molar-refractivity contribution >= 4 is 63.9 Å². The third-order valence-corrected chi connectivity index (χ3v) is 4.97. The third-order valence-electron chi connectivity index (χ3n) is 3.84. The zero-order chi connectivity index (χ0) is 24.2. The lowest BCUT2D eigenvalue weighted by Gasteiger charge is -2.14. The monoisotopic (exact) mass is 587 g/mol. The highest BCUT2D eigenvalue weighted by molar-refractivity contribution is 14.1. The maximum Gasteiger partial charge on any atom is 0.344 e. The molecule has 2 aromatic carbocycles. The van der Waals surface area contributed by atoms with Crippen molar-refractivity contribution in [1.82, 2.24) is 5.43 Å². The fourth-order valence-corrected chi connectivity index (χ4v) is 3.48. The lowest BCUT2D eigenvalue weighted by Crippen LogP contribution is -2.24. The zero-order valence-corrected chi connectivity index (χ0v) is 20.9. The van der Waals surface area contributed by atoms with Crippen LogP contribution in [0.15, 0.2) is 41.5 Å². The molecule has 0 bridgehead atoms. The number of amides is 2. The summed E-state index contributed by atoms with van der Waals surface area (Å²) in [7, 11) is 0. The molecule has 0 radical (unpaired) electrons. The standard InChI is InChI=1S/C22H23ClIN3O6/c1-3-31-18-10-14(9-16(24)22(18)33-13-21(30)32-4-2)12-25-27-20(29)11-19(28)26-17-8-6-5-7-15(17)23/h5-10,12H,3-4,11,13H2,1-2H3,(H,26,28)(H,27,29). The second kappa shape index (κ2) is 13.6. The zero-order valence-electron chi connectivity index (χ0n) is 18.0. The number of carbonyl (C=O) groups excluding carboxylic acids is 3. The fourth-order valence-electron chi connectivity index (χ4n) is 2.52. The first kappa shape index (κ1) is 26.4. The van der Waals surface area contributed by atoms with Gasteiger partial charge in [-0.2, -0.15) is 5.10 Å². The van der Waals surface area contributed by atoms with Crippen LogP contribution in [-0.4, -0.2) is 43.8 Å². The summed E-state index contributed by atoms with van der Waals surface area (Å²) >= 11 is 8.03. The van der Waals surface area contributed by atoms with Crippen LogP contribution < -0.4 is 20.2 Å². The summed E-state index contributed by atoms with van der Waals surface area (Å²) in [5.74, 6) is -0.775. The predicted octanol–water partition coefficient (Wildman–Crippen LogP) is 3.76. The summed E-state index contributed by atoms with van der Waals surface area (Å²) in [6.45, 7) is 3.93. The molecule has 0 unspecified atom stereocenters. The van der Waals surface area contributed by atoms with E-state index in [1.165, 1.54) is 6.21 Å². The van der Waals surface area contributed by atoms with Gasteiger partial charge in [-0.3, -0.25) is 9.59 Å². The molecule has 0 aliphatic heterocycles. The summed E-state index contributed by atoms with van der Waals surface area (Å²) in [5.41, 5.74) is 3.34. The van der Waals surface area contributed by atoms with Crippen molar-refractivity contribution in [2.75, 3.05) is 25.1 Å². The van der Waals surface area contributed by atoms with E-state index in [0.29, 0.717) is 37.9 Å². The van der Waals surface area contributed by atoms with Crippen LogP contribution in [0.1, 0.15) is 25.8 Å². The van der Waals surface area contributed by atoms with Gasteiger partial charge < -0.3 is 19.5 Å². The smallest absolute Gasteiger partial charge is 0.344 e. The van der Waals surface area contributed by atoms with Gasteiger partial charge in [0.05, 0.1) is 33.7 Å². The van der Waals surface area contributed by atoms with Crippen molar-refractivity contribution < 1.29 is 28.6 Å². The van der Waals surface area contributed by atoms with Crippen LogP contribution in [0, 0.1) is 3.57 Å². The largest absolute Gasteiger partial charge is 0.490 e. The van der Waals surface area contributed by atoms with Crippen molar-refractivity contribution in [1.29, 1.82) is 0 Å². The van der Waals surface area contributed by atoms with Crippen LogP contribution in [0.2, 0.25) is 5.02 Å². The summed E-state index contributed by atoms with van der Waals surface area (Å²) in [6.07, 6.45) is 0.981.